The van der Waals surface area contributed by atoms with Gasteiger partial charge >= 0.3 is 12.1 Å². The topological polar surface area (TPSA) is 75.6 Å². The lowest BCUT2D eigenvalue weighted by Crippen LogP contribution is -2.14. The number of anilines is 1. The Balaban J connectivity index is 1.93. The number of hydrogen-bond donors (Lipinski definition) is 2. The van der Waals surface area contributed by atoms with Crippen molar-refractivity contribution in [2.24, 2.45) is 0 Å². The first-order chi connectivity index (χ1) is 14.2. The highest BCUT2D eigenvalue weighted by Crippen LogP contribution is 2.32. The fourth-order valence-corrected chi connectivity index (χ4v) is 2.89. The molecule has 154 valence electrons. The number of carbonyl (C=O) groups excluding carboxylic acids is 1. The lowest BCUT2D eigenvalue weighted by molar-refractivity contribution is -0.137. The van der Waals surface area contributed by atoms with E-state index in [-0.39, 0.29) is 22.6 Å². The van der Waals surface area contributed by atoms with E-state index in [0.29, 0.717) is 11.1 Å². The van der Waals surface area contributed by atoms with Crippen molar-refractivity contribution in [1.82, 2.24) is 0 Å². The molecule has 0 aliphatic heterocycles. The van der Waals surface area contributed by atoms with E-state index in [4.69, 9.17) is 9.84 Å². The maximum absolute atomic E-state index is 12.9. The van der Waals surface area contributed by atoms with Crippen molar-refractivity contribution in [3.8, 4) is 16.9 Å². The third-order valence-electron chi connectivity index (χ3n) is 4.39. The van der Waals surface area contributed by atoms with Crippen LogP contribution in [-0.4, -0.2) is 24.1 Å². The number of carbonyl (C=O) groups is 2. The van der Waals surface area contributed by atoms with Crippen molar-refractivity contribution in [3.05, 3.63) is 83.4 Å². The van der Waals surface area contributed by atoms with E-state index in [9.17, 15) is 22.8 Å². The molecule has 0 spiro atoms. The third kappa shape index (κ3) is 4.43. The average Bonchev–Trinajstić information content (AvgIpc) is 2.73. The van der Waals surface area contributed by atoms with Crippen molar-refractivity contribution >= 4 is 17.6 Å². The van der Waals surface area contributed by atoms with Gasteiger partial charge in [-0.1, -0.05) is 30.3 Å². The second-order valence-electron chi connectivity index (χ2n) is 6.30. The van der Waals surface area contributed by atoms with Gasteiger partial charge in [-0.3, -0.25) is 4.79 Å². The summed E-state index contributed by atoms with van der Waals surface area (Å²) in [4.78, 5) is 24.0. The molecule has 0 aliphatic carbocycles. The molecule has 3 aromatic rings. The Kier molecular flexibility index (Phi) is 5.77. The predicted octanol–water partition coefficient (Wildman–Crippen LogP) is 5.33. The molecule has 0 heterocycles. The minimum Gasteiger partial charge on any atom is -0.495 e. The summed E-state index contributed by atoms with van der Waals surface area (Å²) in [7, 11) is 1.34. The van der Waals surface area contributed by atoms with Gasteiger partial charge in [-0.25, -0.2) is 4.79 Å². The number of ether oxygens (including phenoxy) is 1. The SMILES string of the molecule is COc1cc(C(=O)O)ccc1NC(=O)c1ccccc1-c1ccc(C(F)(F)F)cc1. The van der Waals surface area contributed by atoms with E-state index in [0.717, 1.165) is 12.1 Å². The number of benzene rings is 3. The molecule has 3 rings (SSSR count). The van der Waals surface area contributed by atoms with Gasteiger partial charge in [-0.2, -0.15) is 13.2 Å². The second kappa shape index (κ2) is 8.28. The van der Waals surface area contributed by atoms with E-state index in [1.807, 2.05) is 0 Å². The number of amides is 1. The van der Waals surface area contributed by atoms with E-state index >= 15 is 0 Å². The molecule has 0 radical (unpaired) electrons. The summed E-state index contributed by atoms with van der Waals surface area (Å²) < 4.78 is 43.6. The summed E-state index contributed by atoms with van der Waals surface area (Å²) in [6.07, 6.45) is -4.45. The van der Waals surface area contributed by atoms with E-state index in [1.165, 1.54) is 37.4 Å². The number of hydrogen-bond acceptors (Lipinski definition) is 3. The number of aromatic carboxylic acids is 1. The van der Waals surface area contributed by atoms with Gasteiger partial charge in [-0.05, 0) is 47.5 Å². The molecular formula is C22H16F3NO4. The smallest absolute Gasteiger partial charge is 0.416 e. The maximum Gasteiger partial charge on any atom is 0.416 e. The van der Waals surface area contributed by atoms with Crippen molar-refractivity contribution in [3.63, 3.8) is 0 Å². The van der Waals surface area contributed by atoms with Crippen LogP contribution in [0.3, 0.4) is 0 Å². The molecule has 0 bridgehead atoms. The number of methoxy groups -OCH3 is 1. The van der Waals surface area contributed by atoms with Crippen molar-refractivity contribution < 1.29 is 32.6 Å². The Bertz CT molecular complexity index is 1090. The number of nitrogens with one attached hydrogen (secondary N) is 1. The van der Waals surface area contributed by atoms with E-state index < -0.39 is 23.6 Å². The monoisotopic (exact) mass is 415 g/mol. The molecule has 0 aliphatic rings. The first kappa shape index (κ1) is 20.9. The van der Waals surface area contributed by atoms with Gasteiger partial charge in [0.1, 0.15) is 5.75 Å². The molecule has 3 aromatic carbocycles. The number of halogens is 3. The molecule has 30 heavy (non-hydrogen) atoms. The highest BCUT2D eigenvalue weighted by atomic mass is 19.4. The predicted molar refractivity (Wildman–Crippen MR) is 105 cm³/mol. The highest BCUT2D eigenvalue weighted by molar-refractivity contribution is 6.09. The lowest BCUT2D eigenvalue weighted by atomic mass is 9.98. The molecule has 0 aromatic heterocycles. The van der Waals surface area contributed by atoms with Gasteiger partial charge in [0.15, 0.2) is 0 Å². The van der Waals surface area contributed by atoms with Crippen LogP contribution >= 0.6 is 0 Å². The minimum absolute atomic E-state index is 0.00463. The van der Waals surface area contributed by atoms with Gasteiger partial charge in [-0.15, -0.1) is 0 Å². The molecule has 8 heteroatoms. The Morgan fingerprint density at radius 2 is 1.63 bits per heavy atom. The summed E-state index contributed by atoms with van der Waals surface area (Å²) in [5, 5.41) is 11.7. The van der Waals surface area contributed by atoms with Gasteiger partial charge in [0.25, 0.3) is 5.91 Å². The van der Waals surface area contributed by atoms with Gasteiger partial charge in [0, 0.05) is 5.56 Å². The second-order valence-corrected chi connectivity index (χ2v) is 6.30. The highest BCUT2D eigenvalue weighted by Gasteiger charge is 2.30. The standard InChI is InChI=1S/C22H16F3NO4/c1-30-19-12-14(21(28)29)8-11-18(19)26-20(27)17-5-3-2-4-16(17)13-6-9-15(10-7-13)22(23,24)25/h2-12H,1H3,(H,26,27)(H,28,29). The summed E-state index contributed by atoms with van der Waals surface area (Å²) in [6.45, 7) is 0. The maximum atomic E-state index is 12.9. The zero-order chi connectivity index (χ0) is 21.9. The molecule has 2 N–H and O–H groups in total. The summed E-state index contributed by atoms with van der Waals surface area (Å²) in [5.74, 6) is -1.50. The Hall–Kier alpha value is -3.81. The van der Waals surface area contributed by atoms with E-state index in [1.54, 1.807) is 24.3 Å². The van der Waals surface area contributed by atoms with Crippen molar-refractivity contribution in [2.75, 3.05) is 12.4 Å². The molecule has 0 saturated carbocycles. The van der Waals surface area contributed by atoms with Crippen LogP contribution < -0.4 is 10.1 Å². The normalized spacial score (nSPS) is 11.1. The fraction of sp³-hybridized carbons (Fsp3) is 0.0909. The number of rotatable bonds is 5. The zero-order valence-electron chi connectivity index (χ0n) is 15.7. The number of carboxylic acids is 1. The summed E-state index contributed by atoms with van der Waals surface area (Å²) in [5.41, 5.74) is 0.606. The summed E-state index contributed by atoms with van der Waals surface area (Å²) in [6, 6.07) is 15.0. The first-order valence-corrected chi connectivity index (χ1v) is 8.70. The Morgan fingerprint density at radius 1 is 0.967 bits per heavy atom. The first-order valence-electron chi connectivity index (χ1n) is 8.70. The van der Waals surface area contributed by atoms with E-state index in [2.05, 4.69) is 5.32 Å². The third-order valence-corrected chi connectivity index (χ3v) is 4.39. The molecule has 0 saturated heterocycles. The van der Waals surface area contributed by atoms with Gasteiger partial charge < -0.3 is 15.2 Å². The van der Waals surface area contributed by atoms with Crippen LogP contribution in [0.15, 0.2) is 66.7 Å². The van der Waals surface area contributed by atoms with Crippen LogP contribution in [0.25, 0.3) is 11.1 Å². The quantitative estimate of drug-likeness (QED) is 0.591. The fourth-order valence-electron chi connectivity index (χ4n) is 2.89. The van der Waals surface area contributed by atoms with Crippen LogP contribution in [-0.2, 0) is 6.18 Å². The van der Waals surface area contributed by atoms with Gasteiger partial charge in [0.2, 0.25) is 0 Å². The Labute approximate surface area is 169 Å². The molecule has 5 nitrogen and oxygen atoms in total. The summed E-state index contributed by atoms with van der Waals surface area (Å²) >= 11 is 0. The minimum atomic E-state index is -4.45. The zero-order valence-corrected chi connectivity index (χ0v) is 15.7. The average molecular weight is 415 g/mol. The largest absolute Gasteiger partial charge is 0.495 e. The van der Waals surface area contributed by atoms with Gasteiger partial charge in [0.05, 0.1) is 23.9 Å². The number of carboxylic acid groups (broad SMARTS) is 1. The van der Waals surface area contributed by atoms with Crippen molar-refractivity contribution in [2.45, 2.75) is 6.18 Å². The van der Waals surface area contributed by atoms with Crippen LogP contribution in [0, 0.1) is 0 Å². The lowest BCUT2D eigenvalue weighted by Gasteiger charge is -2.14. The van der Waals surface area contributed by atoms with Crippen LogP contribution in [0.1, 0.15) is 26.3 Å². The molecule has 0 unspecified atom stereocenters. The van der Waals surface area contributed by atoms with Crippen LogP contribution in [0.2, 0.25) is 0 Å². The van der Waals surface area contributed by atoms with Crippen LogP contribution in [0.4, 0.5) is 18.9 Å². The molecule has 0 atom stereocenters. The van der Waals surface area contributed by atoms with Crippen molar-refractivity contribution in [1.29, 1.82) is 0 Å². The molecular weight excluding hydrogens is 399 g/mol. The van der Waals surface area contributed by atoms with Crippen LogP contribution in [0.5, 0.6) is 5.75 Å². The Morgan fingerprint density at radius 3 is 2.23 bits per heavy atom. The molecule has 0 fully saturated rings. The number of alkyl halides is 3. The molecule has 1 amide bonds.